The molecular formula is C23H20ClN3O3. The first kappa shape index (κ1) is 21.2. The number of para-hydroxylation sites is 1. The highest BCUT2D eigenvalue weighted by Gasteiger charge is 2.18. The number of carbonyl (C=O) groups excluding carboxylic acids is 2. The summed E-state index contributed by atoms with van der Waals surface area (Å²) in [6, 6.07) is 16.2. The highest BCUT2D eigenvalue weighted by atomic mass is 35.5. The Hall–Kier alpha value is -3.56. The molecule has 0 unspecified atom stereocenters. The third-order valence-electron chi connectivity index (χ3n) is 4.61. The molecule has 0 saturated carbocycles. The molecule has 1 amide bonds. The van der Waals surface area contributed by atoms with Gasteiger partial charge in [-0.3, -0.25) is 9.59 Å². The number of nitrogens with zero attached hydrogens (tertiary/aromatic N) is 2. The first-order valence-corrected chi connectivity index (χ1v) is 9.74. The molecule has 3 aromatic rings. The number of benzene rings is 2. The molecule has 0 fully saturated rings. The van der Waals surface area contributed by atoms with E-state index in [0.717, 1.165) is 16.6 Å². The third-order valence-corrected chi connectivity index (χ3v) is 4.84. The van der Waals surface area contributed by atoms with E-state index in [1.807, 2.05) is 41.8 Å². The molecule has 7 heteroatoms. The summed E-state index contributed by atoms with van der Waals surface area (Å²) in [5.74, 6) is -0.891. The van der Waals surface area contributed by atoms with E-state index in [1.54, 1.807) is 37.3 Å². The molecular weight excluding hydrogens is 402 g/mol. The number of aromatic nitrogens is 1. The topological polar surface area (TPSA) is 84.1 Å². The molecule has 152 valence electrons. The van der Waals surface area contributed by atoms with Gasteiger partial charge >= 0.3 is 5.97 Å². The first-order valence-electron chi connectivity index (χ1n) is 9.36. The van der Waals surface area contributed by atoms with Crippen LogP contribution in [0, 0.1) is 18.3 Å². The highest BCUT2D eigenvalue weighted by Crippen LogP contribution is 2.28. The van der Waals surface area contributed by atoms with Crippen molar-refractivity contribution >= 4 is 46.1 Å². The molecule has 0 saturated heterocycles. The van der Waals surface area contributed by atoms with E-state index in [4.69, 9.17) is 16.3 Å². The van der Waals surface area contributed by atoms with Crippen molar-refractivity contribution in [2.75, 3.05) is 11.9 Å². The summed E-state index contributed by atoms with van der Waals surface area (Å²) in [7, 11) is 0. The van der Waals surface area contributed by atoms with Gasteiger partial charge in [-0.2, -0.15) is 5.26 Å². The lowest BCUT2D eigenvalue weighted by atomic mass is 10.1. The second kappa shape index (κ2) is 9.29. The second-order valence-corrected chi connectivity index (χ2v) is 6.98. The summed E-state index contributed by atoms with van der Waals surface area (Å²) in [5.41, 5.74) is 2.72. The quantitative estimate of drug-likeness (QED) is 0.355. The van der Waals surface area contributed by atoms with Gasteiger partial charge in [0, 0.05) is 32.9 Å². The minimum atomic E-state index is -0.540. The molecule has 1 N–H and O–H groups in total. The minimum absolute atomic E-state index is 0.0463. The fourth-order valence-electron chi connectivity index (χ4n) is 3.24. The van der Waals surface area contributed by atoms with Crippen molar-refractivity contribution < 1.29 is 14.3 Å². The summed E-state index contributed by atoms with van der Waals surface area (Å²) in [6.07, 6.45) is 1.54. The van der Waals surface area contributed by atoms with Gasteiger partial charge in [0.15, 0.2) is 0 Å². The molecule has 3 rings (SSSR count). The normalized spacial score (nSPS) is 11.2. The van der Waals surface area contributed by atoms with E-state index in [2.05, 4.69) is 5.32 Å². The van der Waals surface area contributed by atoms with Crippen LogP contribution < -0.4 is 5.32 Å². The summed E-state index contributed by atoms with van der Waals surface area (Å²) in [5, 5.41) is 13.6. The Morgan fingerprint density at radius 1 is 1.23 bits per heavy atom. The second-order valence-electron chi connectivity index (χ2n) is 6.54. The number of halogens is 1. The van der Waals surface area contributed by atoms with Crippen LogP contribution in [0.5, 0.6) is 0 Å². The van der Waals surface area contributed by atoms with Gasteiger partial charge in [0.2, 0.25) is 0 Å². The Balaban J connectivity index is 2.01. The summed E-state index contributed by atoms with van der Waals surface area (Å²) in [6.45, 7) is 3.94. The van der Waals surface area contributed by atoms with Crippen LogP contribution in [0.2, 0.25) is 5.02 Å². The summed E-state index contributed by atoms with van der Waals surface area (Å²) >= 11 is 5.95. The van der Waals surface area contributed by atoms with Gasteiger partial charge in [-0.1, -0.05) is 35.9 Å². The molecule has 0 aliphatic heterocycles. The Bertz CT molecular complexity index is 1190. The van der Waals surface area contributed by atoms with Gasteiger partial charge < -0.3 is 14.6 Å². The van der Waals surface area contributed by atoms with Crippen molar-refractivity contribution in [3.63, 3.8) is 0 Å². The first-order chi connectivity index (χ1) is 14.4. The van der Waals surface area contributed by atoms with Crippen molar-refractivity contribution in [2.24, 2.45) is 0 Å². The number of carbonyl (C=O) groups is 2. The van der Waals surface area contributed by atoms with E-state index in [0.29, 0.717) is 22.9 Å². The van der Waals surface area contributed by atoms with Crippen LogP contribution in [0.3, 0.4) is 0 Å². The number of rotatable bonds is 6. The summed E-state index contributed by atoms with van der Waals surface area (Å²) < 4.78 is 6.90. The van der Waals surface area contributed by atoms with Gasteiger partial charge in [-0.15, -0.1) is 0 Å². The smallest absolute Gasteiger partial charge is 0.325 e. The monoisotopic (exact) mass is 421 g/mol. The molecule has 6 nitrogen and oxygen atoms in total. The van der Waals surface area contributed by atoms with Crippen molar-refractivity contribution in [1.29, 1.82) is 5.26 Å². The number of anilines is 1. The number of hydrogen-bond donors (Lipinski definition) is 1. The van der Waals surface area contributed by atoms with Crippen LogP contribution in [0.4, 0.5) is 5.69 Å². The third kappa shape index (κ3) is 4.53. The van der Waals surface area contributed by atoms with E-state index in [9.17, 15) is 14.9 Å². The van der Waals surface area contributed by atoms with Crippen LogP contribution in [-0.2, 0) is 20.9 Å². The van der Waals surface area contributed by atoms with Gasteiger partial charge in [0.1, 0.15) is 18.2 Å². The summed E-state index contributed by atoms with van der Waals surface area (Å²) in [4.78, 5) is 24.7. The molecule has 0 bridgehead atoms. The van der Waals surface area contributed by atoms with Crippen molar-refractivity contribution in [1.82, 2.24) is 4.57 Å². The zero-order valence-corrected chi connectivity index (χ0v) is 17.4. The lowest BCUT2D eigenvalue weighted by Gasteiger charge is -2.08. The van der Waals surface area contributed by atoms with E-state index < -0.39 is 5.91 Å². The Morgan fingerprint density at radius 3 is 2.70 bits per heavy atom. The minimum Gasteiger partial charge on any atom is -0.465 e. The van der Waals surface area contributed by atoms with Crippen LogP contribution in [-0.4, -0.2) is 23.1 Å². The SMILES string of the molecule is CCOC(=O)Cn1c(C)c(/C=C(\C#N)C(=O)Nc2cccc(Cl)c2)c2ccccc21. The zero-order chi connectivity index (χ0) is 21.7. The fraction of sp³-hybridized carbons (Fsp3) is 0.174. The molecule has 0 aliphatic rings. The maximum absolute atomic E-state index is 12.7. The Morgan fingerprint density at radius 2 is 2.00 bits per heavy atom. The van der Waals surface area contributed by atoms with Gasteiger partial charge in [-0.05, 0) is 44.2 Å². The van der Waals surface area contributed by atoms with Crippen LogP contribution in [0.1, 0.15) is 18.2 Å². The maximum Gasteiger partial charge on any atom is 0.325 e. The number of nitrogens with one attached hydrogen (secondary N) is 1. The number of nitriles is 1. The van der Waals surface area contributed by atoms with Gasteiger partial charge in [0.05, 0.1) is 6.61 Å². The van der Waals surface area contributed by atoms with E-state index >= 15 is 0 Å². The number of fused-ring (bicyclic) bond motifs is 1. The predicted octanol–water partition coefficient (Wildman–Crippen LogP) is 4.71. The lowest BCUT2D eigenvalue weighted by Crippen LogP contribution is -2.14. The molecule has 0 spiro atoms. The van der Waals surface area contributed by atoms with E-state index in [-0.39, 0.29) is 18.1 Å². The number of ether oxygens (including phenoxy) is 1. The molecule has 0 radical (unpaired) electrons. The van der Waals surface area contributed by atoms with Gasteiger partial charge in [-0.25, -0.2) is 0 Å². The van der Waals surface area contributed by atoms with Crippen LogP contribution in [0.25, 0.3) is 17.0 Å². The van der Waals surface area contributed by atoms with Crippen molar-refractivity contribution in [3.8, 4) is 6.07 Å². The number of hydrogen-bond acceptors (Lipinski definition) is 4. The molecule has 2 aromatic carbocycles. The van der Waals surface area contributed by atoms with Gasteiger partial charge in [0.25, 0.3) is 5.91 Å². The maximum atomic E-state index is 12.7. The molecule has 30 heavy (non-hydrogen) atoms. The number of amides is 1. The molecule has 0 aliphatic carbocycles. The Labute approximate surface area is 179 Å². The molecule has 1 heterocycles. The molecule has 0 atom stereocenters. The fourth-order valence-corrected chi connectivity index (χ4v) is 3.43. The van der Waals surface area contributed by atoms with Crippen LogP contribution >= 0.6 is 11.6 Å². The zero-order valence-electron chi connectivity index (χ0n) is 16.6. The average Bonchev–Trinajstić information content (AvgIpc) is 2.97. The van der Waals surface area contributed by atoms with Crippen molar-refractivity contribution in [3.05, 3.63) is 70.4 Å². The highest BCUT2D eigenvalue weighted by molar-refractivity contribution is 6.31. The molecule has 1 aromatic heterocycles. The Kier molecular flexibility index (Phi) is 6.55. The lowest BCUT2D eigenvalue weighted by molar-refractivity contribution is -0.143. The number of esters is 1. The van der Waals surface area contributed by atoms with E-state index in [1.165, 1.54) is 0 Å². The standard InChI is InChI=1S/C23H20ClN3O3/c1-3-30-22(28)14-27-15(2)20(19-9-4-5-10-21(19)27)11-16(13-25)23(29)26-18-8-6-7-17(24)12-18/h4-12H,3,14H2,1-2H3,(H,26,29)/b16-11+. The average molecular weight is 422 g/mol. The van der Waals surface area contributed by atoms with Crippen molar-refractivity contribution in [2.45, 2.75) is 20.4 Å². The van der Waals surface area contributed by atoms with Crippen LogP contribution in [0.15, 0.2) is 54.1 Å². The largest absolute Gasteiger partial charge is 0.465 e. The predicted molar refractivity (Wildman–Crippen MR) is 117 cm³/mol.